The Balaban J connectivity index is 1.70. The summed E-state index contributed by atoms with van der Waals surface area (Å²) >= 11 is 0. The lowest BCUT2D eigenvalue weighted by atomic mass is 10.0. The van der Waals surface area contributed by atoms with E-state index in [9.17, 15) is 0 Å². The summed E-state index contributed by atoms with van der Waals surface area (Å²) in [5, 5.41) is 3.35. The van der Waals surface area contributed by atoms with E-state index in [2.05, 4.69) is 24.2 Å². The van der Waals surface area contributed by atoms with Gasteiger partial charge in [-0.2, -0.15) is 0 Å². The third-order valence-corrected chi connectivity index (χ3v) is 3.94. The predicted molar refractivity (Wildman–Crippen MR) is 61.9 cm³/mol. The van der Waals surface area contributed by atoms with Gasteiger partial charge in [0.25, 0.3) is 0 Å². The molecular weight excluding hydrogens is 188 g/mol. The van der Waals surface area contributed by atoms with Gasteiger partial charge < -0.3 is 15.0 Å². The number of hydrogen-bond donors (Lipinski definition) is 1. The van der Waals surface area contributed by atoms with Gasteiger partial charge in [0.1, 0.15) is 0 Å². The summed E-state index contributed by atoms with van der Waals surface area (Å²) in [5.41, 5.74) is 0. The van der Waals surface area contributed by atoms with Crippen LogP contribution in [-0.2, 0) is 4.74 Å². The van der Waals surface area contributed by atoms with Crippen molar-refractivity contribution in [2.75, 3.05) is 40.4 Å². The molecule has 1 heterocycles. The molecule has 2 rings (SSSR count). The first-order valence-electron chi connectivity index (χ1n) is 6.14. The van der Waals surface area contributed by atoms with E-state index in [4.69, 9.17) is 4.74 Å². The fourth-order valence-corrected chi connectivity index (χ4v) is 2.63. The molecule has 1 saturated heterocycles. The molecule has 0 aromatic rings. The van der Waals surface area contributed by atoms with Gasteiger partial charge in [-0.1, -0.05) is 6.92 Å². The van der Waals surface area contributed by atoms with E-state index in [0.717, 1.165) is 25.0 Å². The van der Waals surface area contributed by atoms with Crippen molar-refractivity contribution in [1.82, 2.24) is 10.2 Å². The normalized spacial score (nSPS) is 40.0. The van der Waals surface area contributed by atoms with Crippen LogP contribution in [0.25, 0.3) is 0 Å². The van der Waals surface area contributed by atoms with Crippen molar-refractivity contribution in [1.29, 1.82) is 0 Å². The summed E-state index contributed by atoms with van der Waals surface area (Å²) in [5.74, 6) is 2.60. The Bertz CT molecular complexity index is 210. The average Bonchev–Trinajstić information content (AvgIpc) is 2.73. The zero-order valence-electron chi connectivity index (χ0n) is 10.2. The first-order chi connectivity index (χ1) is 7.20. The number of ether oxygens (including phenoxy) is 1. The van der Waals surface area contributed by atoms with Crippen LogP contribution in [0.2, 0.25) is 0 Å². The Kier molecular flexibility index (Phi) is 3.65. The maximum atomic E-state index is 5.51. The summed E-state index contributed by atoms with van der Waals surface area (Å²) in [6.07, 6.45) is 1.43. The first kappa shape index (κ1) is 11.4. The maximum absolute atomic E-state index is 5.51. The highest BCUT2D eigenvalue weighted by Gasteiger charge is 2.34. The fourth-order valence-electron chi connectivity index (χ4n) is 2.63. The summed E-state index contributed by atoms with van der Waals surface area (Å²) < 4.78 is 5.51. The van der Waals surface area contributed by atoms with Gasteiger partial charge in [0, 0.05) is 25.0 Å². The Morgan fingerprint density at radius 2 is 1.93 bits per heavy atom. The molecule has 88 valence electrons. The predicted octanol–water partition coefficient (Wildman–Crippen LogP) is 0.809. The molecule has 4 unspecified atom stereocenters. The molecule has 1 aliphatic carbocycles. The minimum absolute atomic E-state index is 0.559. The van der Waals surface area contributed by atoms with Gasteiger partial charge in [-0.15, -0.1) is 0 Å². The van der Waals surface area contributed by atoms with Gasteiger partial charge in [-0.05, 0) is 32.4 Å². The van der Waals surface area contributed by atoms with E-state index in [1.807, 2.05) is 7.05 Å². The third kappa shape index (κ3) is 2.92. The Morgan fingerprint density at radius 3 is 2.53 bits per heavy atom. The molecule has 3 heteroatoms. The number of hydrogen-bond acceptors (Lipinski definition) is 3. The van der Waals surface area contributed by atoms with Crippen LogP contribution in [0, 0.1) is 17.8 Å². The molecule has 2 fully saturated rings. The number of likely N-dealkylation sites (N-methyl/N-ethyl adjacent to an activating group) is 1. The largest absolute Gasteiger partial charge is 0.379 e. The van der Waals surface area contributed by atoms with Gasteiger partial charge in [0.05, 0.1) is 13.2 Å². The van der Waals surface area contributed by atoms with Gasteiger partial charge in [0.2, 0.25) is 0 Å². The van der Waals surface area contributed by atoms with Crippen molar-refractivity contribution in [3.05, 3.63) is 0 Å². The van der Waals surface area contributed by atoms with E-state index in [1.165, 1.54) is 19.5 Å². The molecular formula is C12H24N2O. The van der Waals surface area contributed by atoms with Crippen molar-refractivity contribution < 1.29 is 4.74 Å². The molecule has 0 aromatic heterocycles. The highest BCUT2D eigenvalue weighted by molar-refractivity contribution is 4.87. The van der Waals surface area contributed by atoms with Crippen LogP contribution in [0.15, 0.2) is 0 Å². The SMILES string of the molecule is CNC1COCC1CN(C)CC1CC1C. The summed E-state index contributed by atoms with van der Waals surface area (Å²) in [6, 6.07) is 0.559. The lowest BCUT2D eigenvalue weighted by Crippen LogP contribution is -2.39. The second-order valence-electron chi connectivity index (χ2n) is 5.39. The first-order valence-corrected chi connectivity index (χ1v) is 6.14. The van der Waals surface area contributed by atoms with Crippen molar-refractivity contribution in [3.8, 4) is 0 Å². The van der Waals surface area contributed by atoms with Gasteiger partial charge in [-0.3, -0.25) is 0 Å². The summed E-state index contributed by atoms with van der Waals surface area (Å²) in [7, 11) is 4.28. The molecule has 4 atom stereocenters. The van der Waals surface area contributed by atoms with Gasteiger partial charge >= 0.3 is 0 Å². The van der Waals surface area contributed by atoms with Crippen LogP contribution in [0.1, 0.15) is 13.3 Å². The molecule has 0 bridgehead atoms. The Labute approximate surface area is 93.2 Å². The highest BCUT2D eigenvalue weighted by Crippen LogP contribution is 2.38. The van der Waals surface area contributed by atoms with Crippen LogP contribution in [0.4, 0.5) is 0 Å². The second kappa shape index (κ2) is 4.81. The molecule has 0 spiro atoms. The molecule has 0 radical (unpaired) electrons. The van der Waals surface area contributed by atoms with Crippen molar-refractivity contribution in [3.63, 3.8) is 0 Å². The van der Waals surface area contributed by atoms with E-state index in [1.54, 1.807) is 0 Å². The van der Waals surface area contributed by atoms with E-state index in [0.29, 0.717) is 12.0 Å². The fraction of sp³-hybridized carbons (Fsp3) is 1.00. The molecule has 0 aromatic carbocycles. The Morgan fingerprint density at radius 1 is 1.27 bits per heavy atom. The van der Waals surface area contributed by atoms with Gasteiger partial charge in [-0.25, -0.2) is 0 Å². The van der Waals surface area contributed by atoms with Gasteiger partial charge in [0.15, 0.2) is 0 Å². The van der Waals surface area contributed by atoms with Crippen molar-refractivity contribution in [2.45, 2.75) is 19.4 Å². The highest BCUT2D eigenvalue weighted by atomic mass is 16.5. The molecule has 3 nitrogen and oxygen atoms in total. The summed E-state index contributed by atoms with van der Waals surface area (Å²) in [6.45, 7) is 6.61. The minimum Gasteiger partial charge on any atom is -0.379 e. The van der Waals surface area contributed by atoms with Crippen molar-refractivity contribution in [2.24, 2.45) is 17.8 Å². The number of rotatable bonds is 5. The third-order valence-electron chi connectivity index (χ3n) is 3.94. The summed E-state index contributed by atoms with van der Waals surface area (Å²) in [4.78, 5) is 2.48. The van der Waals surface area contributed by atoms with Crippen LogP contribution in [0.5, 0.6) is 0 Å². The lowest BCUT2D eigenvalue weighted by Gasteiger charge is -2.23. The van der Waals surface area contributed by atoms with Crippen LogP contribution in [-0.4, -0.2) is 51.3 Å². The molecule has 1 saturated carbocycles. The minimum atomic E-state index is 0.559. The lowest BCUT2D eigenvalue weighted by molar-refractivity contribution is 0.172. The quantitative estimate of drug-likeness (QED) is 0.730. The maximum Gasteiger partial charge on any atom is 0.0623 e. The Hall–Kier alpha value is -0.120. The standard InChI is InChI=1S/C12H24N2O/c1-9-4-10(9)5-14(3)6-11-7-15-8-12(11)13-2/h9-13H,4-8H2,1-3H3. The topological polar surface area (TPSA) is 24.5 Å². The number of nitrogens with zero attached hydrogens (tertiary/aromatic N) is 1. The smallest absolute Gasteiger partial charge is 0.0623 e. The average molecular weight is 212 g/mol. The molecule has 15 heavy (non-hydrogen) atoms. The van der Waals surface area contributed by atoms with Crippen molar-refractivity contribution >= 4 is 0 Å². The zero-order valence-corrected chi connectivity index (χ0v) is 10.2. The molecule has 0 amide bonds. The monoisotopic (exact) mass is 212 g/mol. The second-order valence-corrected chi connectivity index (χ2v) is 5.39. The molecule has 2 aliphatic rings. The van der Waals surface area contributed by atoms with E-state index in [-0.39, 0.29) is 0 Å². The van der Waals surface area contributed by atoms with Crippen LogP contribution >= 0.6 is 0 Å². The van der Waals surface area contributed by atoms with Crippen LogP contribution < -0.4 is 5.32 Å². The van der Waals surface area contributed by atoms with Crippen LogP contribution in [0.3, 0.4) is 0 Å². The number of nitrogens with one attached hydrogen (secondary N) is 1. The van der Waals surface area contributed by atoms with E-state index < -0.39 is 0 Å². The van der Waals surface area contributed by atoms with E-state index >= 15 is 0 Å². The zero-order chi connectivity index (χ0) is 10.8. The molecule has 1 aliphatic heterocycles. The molecule has 1 N–H and O–H groups in total.